The Bertz CT molecular complexity index is 216. The molecular weight excluding hydrogens is 188 g/mol. The van der Waals surface area contributed by atoms with Crippen LogP contribution in [0.1, 0.15) is 44.9 Å². The van der Waals surface area contributed by atoms with Gasteiger partial charge < -0.3 is 10.0 Å². The Morgan fingerprint density at radius 2 is 2.00 bits per heavy atom. The Morgan fingerprint density at radius 3 is 2.60 bits per heavy atom. The number of nitrogens with zero attached hydrogens (tertiary/aromatic N) is 2. The van der Waals surface area contributed by atoms with Crippen LogP contribution in [0.25, 0.3) is 0 Å². The molecule has 1 N–H and O–H groups in total. The van der Waals surface area contributed by atoms with Gasteiger partial charge in [0, 0.05) is 13.0 Å². The van der Waals surface area contributed by atoms with Gasteiger partial charge in [-0.3, -0.25) is 0 Å². The molecule has 3 heteroatoms. The quantitative estimate of drug-likeness (QED) is 0.681. The molecule has 0 spiro atoms. The lowest BCUT2D eigenvalue weighted by molar-refractivity contribution is 0.0161. The van der Waals surface area contributed by atoms with Crippen LogP contribution in [0.4, 0.5) is 0 Å². The van der Waals surface area contributed by atoms with Gasteiger partial charge in [-0.15, -0.1) is 0 Å². The summed E-state index contributed by atoms with van der Waals surface area (Å²) in [6.45, 7) is 1.78. The van der Waals surface area contributed by atoms with Gasteiger partial charge in [0.1, 0.15) is 0 Å². The van der Waals surface area contributed by atoms with E-state index in [-0.39, 0.29) is 0 Å². The average Bonchev–Trinajstić information content (AvgIpc) is 2.59. The largest absolute Gasteiger partial charge is 0.389 e. The van der Waals surface area contributed by atoms with Crippen molar-refractivity contribution in [1.29, 1.82) is 5.26 Å². The normalized spacial score (nSPS) is 19.3. The van der Waals surface area contributed by atoms with E-state index in [2.05, 4.69) is 18.0 Å². The average molecular weight is 210 g/mol. The summed E-state index contributed by atoms with van der Waals surface area (Å²) in [5, 5.41) is 18.6. The van der Waals surface area contributed by atoms with E-state index in [9.17, 15) is 5.11 Å². The highest BCUT2D eigenvalue weighted by molar-refractivity contribution is 4.86. The fourth-order valence-corrected chi connectivity index (χ4v) is 2.36. The minimum atomic E-state index is -0.427. The zero-order valence-electron chi connectivity index (χ0n) is 9.71. The number of aliphatic hydroxyl groups is 1. The SMILES string of the molecule is CN(CCCCC#N)CC1(O)CCCC1. The Morgan fingerprint density at radius 1 is 1.33 bits per heavy atom. The molecule has 86 valence electrons. The molecular formula is C12H22N2O. The first-order chi connectivity index (χ1) is 7.16. The number of nitriles is 1. The number of likely N-dealkylation sites (N-methyl/N-ethyl adjacent to an activating group) is 1. The van der Waals surface area contributed by atoms with Crippen molar-refractivity contribution >= 4 is 0 Å². The van der Waals surface area contributed by atoms with Crippen molar-refractivity contribution in [1.82, 2.24) is 4.90 Å². The molecule has 15 heavy (non-hydrogen) atoms. The summed E-state index contributed by atoms with van der Waals surface area (Å²) in [7, 11) is 2.06. The molecule has 1 saturated carbocycles. The van der Waals surface area contributed by atoms with Crippen molar-refractivity contribution in [3.63, 3.8) is 0 Å². The van der Waals surface area contributed by atoms with Crippen molar-refractivity contribution < 1.29 is 5.11 Å². The molecule has 0 heterocycles. The molecule has 0 aromatic rings. The van der Waals surface area contributed by atoms with E-state index < -0.39 is 5.60 Å². The third-order valence-corrected chi connectivity index (χ3v) is 3.18. The van der Waals surface area contributed by atoms with Crippen LogP contribution in [-0.4, -0.2) is 35.7 Å². The van der Waals surface area contributed by atoms with E-state index in [0.717, 1.165) is 38.8 Å². The van der Waals surface area contributed by atoms with E-state index in [1.165, 1.54) is 12.8 Å². The van der Waals surface area contributed by atoms with E-state index >= 15 is 0 Å². The smallest absolute Gasteiger partial charge is 0.0774 e. The maximum atomic E-state index is 10.2. The maximum absolute atomic E-state index is 10.2. The third kappa shape index (κ3) is 4.63. The predicted molar refractivity (Wildman–Crippen MR) is 60.4 cm³/mol. The molecule has 1 aliphatic carbocycles. The molecule has 0 atom stereocenters. The highest BCUT2D eigenvalue weighted by Crippen LogP contribution is 2.29. The molecule has 0 aromatic carbocycles. The van der Waals surface area contributed by atoms with Crippen LogP contribution in [0.15, 0.2) is 0 Å². The highest BCUT2D eigenvalue weighted by atomic mass is 16.3. The zero-order valence-corrected chi connectivity index (χ0v) is 9.71. The first-order valence-electron chi connectivity index (χ1n) is 5.94. The monoisotopic (exact) mass is 210 g/mol. The van der Waals surface area contributed by atoms with Crippen molar-refractivity contribution in [2.24, 2.45) is 0 Å². The summed E-state index contributed by atoms with van der Waals surface area (Å²) in [5.41, 5.74) is -0.427. The summed E-state index contributed by atoms with van der Waals surface area (Å²) in [5.74, 6) is 0. The molecule has 1 rings (SSSR count). The third-order valence-electron chi connectivity index (χ3n) is 3.18. The van der Waals surface area contributed by atoms with Crippen LogP contribution in [0.3, 0.4) is 0 Å². The van der Waals surface area contributed by atoms with Gasteiger partial charge in [0.2, 0.25) is 0 Å². The number of hydrogen-bond acceptors (Lipinski definition) is 3. The maximum Gasteiger partial charge on any atom is 0.0774 e. The van der Waals surface area contributed by atoms with Crippen LogP contribution in [0, 0.1) is 11.3 Å². The van der Waals surface area contributed by atoms with Crippen LogP contribution in [0.2, 0.25) is 0 Å². The molecule has 0 amide bonds. The Hall–Kier alpha value is -0.590. The molecule has 1 fully saturated rings. The summed E-state index contributed by atoms with van der Waals surface area (Å²) >= 11 is 0. The predicted octanol–water partition coefficient (Wildman–Crippen LogP) is 1.92. The summed E-state index contributed by atoms with van der Waals surface area (Å²) < 4.78 is 0. The van der Waals surface area contributed by atoms with Crippen molar-refractivity contribution in [3.05, 3.63) is 0 Å². The van der Waals surface area contributed by atoms with Crippen LogP contribution < -0.4 is 0 Å². The van der Waals surface area contributed by atoms with Gasteiger partial charge in [-0.2, -0.15) is 5.26 Å². The molecule has 0 bridgehead atoms. The Labute approximate surface area is 92.7 Å². The van der Waals surface area contributed by atoms with E-state index in [1.54, 1.807) is 0 Å². The number of hydrogen-bond donors (Lipinski definition) is 1. The van der Waals surface area contributed by atoms with Gasteiger partial charge in [0.15, 0.2) is 0 Å². The second kappa shape index (κ2) is 6.09. The minimum Gasteiger partial charge on any atom is -0.389 e. The van der Waals surface area contributed by atoms with Gasteiger partial charge in [-0.1, -0.05) is 12.8 Å². The molecule has 3 nitrogen and oxygen atoms in total. The fraction of sp³-hybridized carbons (Fsp3) is 0.917. The summed E-state index contributed by atoms with van der Waals surface area (Å²) in [6.07, 6.45) is 6.92. The molecule has 0 aliphatic heterocycles. The molecule has 1 aliphatic rings. The zero-order chi connectivity index (χ0) is 11.1. The van der Waals surface area contributed by atoms with Crippen molar-refractivity contribution in [2.45, 2.75) is 50.5 Å². The van der Waals surface area contributed by atoms with E-state index in [0.29, 0.717) is 6.42 Å². The van der Waals surface area contributed by atoms with Gasteiger partial charge in [0.25, 0.3) is 0 Å². The van der Waals surface area contributed by atoms with Gasteiger partial charge in [0.05, 0.1) is 11.7 Å². The van der Waals surface area contributed by atoms with Crippen molar-refractivity contribution in [2.75, 3.05) is 20.1 Å². The molecule has 0 unspecified atom stereocenters. The fourth-order valence-electron chi connectivity index (χ4n) is 2.36. The first-order valence-corrected chi connectivity index (χ1v) is 5.94. The topological polar surface area (TPSA) is 47.3 Å². The van der Waals surface area contributed by atoms with Crippen molar-refractivity contribution in [3.8, 4) is 6.07 Å². The first kappa shape index (κ1) is 12.5. The number of rotatable bonds is 6. The second-order valence-electron chi connectivity index (χ2n) is 4.78. The minimum absolute atomic E-state index is 0.427. The van der Waals surface area contributed by atoms with E-state index in [4.69, 9.17) is 5.26 Å². The lowest BCUT2D eigenvalue weighted by Gasteiger charge is -2.28. The second-order valence-corrected chi connectivity index (χ2v) is 4.78. The summed E-state index contributed by atoms with van der Waals surface area (Å²) in [4.78, 5) is 2.20. The van der Waals surface area contributed by atoms with E-state index in [1.807, 2.05) is 0 Å². The van der Waals surface area contributed by atoms with Gasteiger partial charge in [-0.25, -0.2) is 0 Å². The Balaban J connectivity index is 2.12. The molecule has 0 radical (unpaired) electrons. The lowest BCUT2D eigenvalue weighted by Crippen LogP contribution is -2.39. The highest BCUT2D eigenvalue weighted by Gasteiger charge is 2.31. The number of unbranched alkanes of at least 4 members (excludes halogenated alkanes) is 2. The standard InChI is InChI=1S/C12H22N2O/c1-14(10-6-2-5-9-13)11-12(15)7-3-4-8-12/h15H,2-8,10-11H2,1H3. The molecule has 0 aromatic heterocycles. The Kier molecular flexibility index (Phi) is 5.07. The van der Waals surface area contributed by atoms with Crippen LogP contribution >= 0.6 is 0 Å². The van der Waals surface area contributed by atoms with Crippen LogP contribution in [0.5, 0.6) is 0 Å². The van der Waals surface area contributed by atoms with Gasteiger partial charge >= 0.3 is 0 Å². The van der Waals surface area contributed by atoms with Crippen LogP contribution in [-0.2, 0) is 0 Å². The summed E-state index contributed by atoms with van der Waals surface area (Å²) in [6, 6.07) is 2.15. The lowest BCUT2D eigenvalue weighted by atomic mass is 10.0. The van der Waals surface area contributed by atoms with Gasteiger partial charge in [-0.05, 0) is 39.3 Å². The molecule has 0 saturated heterocycles.